The normalized spacial score (nSPS) is 15.7. The van der Waals surface area contributed by atoms with Crippen LogP contribution in [0.2, 0.25) is 0 Å². The lowest BCUT2D eigenvalue weighted by atomic mass is 9.73. The second-order valence-corrected chi connectivity index (χ2v) is 5.36. The fourth-order valence-electron chi connectivity index (χ4n) is 1.64. The number of halogens is 2. The molecule has 4 heteroatoms. The van der Waals surface area contributed by atoms with Crippen molar-refractivity contribution in [3.05, 3.63) is 35.4 Å². The van der Waals surface area contributed by atoms with E-state index >= 15 is 0 Å². The van der Waals surface area contributed by atoms with Gasteiger partial charge in [-0.25, -0.2) is 8.78 Å². The Morgan fingerprint density at radius 2 is 1.65 bits per heavy atom. The molecule has 0 saturated carbocycles. The van der Waals surface area contributed by atoms with Crippen LogP contribution in [0.3, 0.4) is 0 Å². The number of aliphatic hydroxyl groups is 1. The zero-order valence-corrected chi connectivity index (χ0v) is 10.4. The van der Waals surface area contributed by atoms with Gasteiger partial charge in [0.1, 0.15) is 11.6 Å². The second-order valence-electron chi connectivity index (χ2n) is 5.36. The van der Waals surface area contributed by atoms with E-state index in [1.165, 1.54) is 18.2 Å². The summed E-state index contributed by atoms with van der Waals surface area (Å²) in [7, 11) is 0. The molecule has 0 radical (unpaired) electrons. The molecule has 96 valence electrons. The minimum absolute atomic E-state index is 0.0513. The first-order valence-electron chi connectivity index (χ1n) is 5.56. The highest BCUT2D eigenvalue weighted by molar-refractivity contribution is 5.22. The first-order chi connectivity index (χ1) is 7.71. The van der Waals surface area contributed by atoms with Crippen LogP contribution in [0.4, 0.5) is 8.78 Å². The van der Waals surface area contributed by atoms with Gasteiger partial charge in [0, 0.05) is 18.5 Å². The predicted molar refractivity (Wildman–Crippen MR) is 63.5 cm³/mol. The highest BCUT2D eigenvalue weighted by atomic mass is 19.1. The smallest absolute Gasteiger partial charge is 0.129 e. The Bertz CT molecular complexity index is 381. The van der Waals surface area contributed by atoms with E-state index in [4.69, 9.17) is 5.73 Å². The Morgan fingerprint density at radius 3 is 2.00 bits per heavy atom. The number of nitrogens with two attached hydrogens (primary N) is 1. The lowest BCUT2D eigenvalue weighted by molar-refractivity contribution is -0.0501. The van der Waals surface area contributed by atoms with E-state index in [0.29, 0.717) is 0 Å². The molecule has 1 unspecified atom stereocenters. The van der Waals surface area contributed by atoms with Crippen molar-refractivity contribution >= 4 is 0 Å². The third kappa shape index (κ3) is 2.82. The van der Waals surface area contributed by atoms with Crippen molar-refractivity contribution in [1.82, 2.24) is 0 Å². The van der Waals surface area contributed by atoms with E-state index in [2.05, 4.69) is 0 Å². The molecule has 0 aliphatic heterocycles. The van der Waals surface area contributed by atoms with Crippen LogP contribution in [-0.4, -0.2) is 17.3 Å². The summed E-state index contributed by atoms with van der Waals surface area (Å²) < 4.78 is 27.0. The zero-order valence-electron chi connectivity index (χ0n) is 10.4. The largest absolute Gasteiger partial charge is 0.388 e. The maximum absolute atomic E-state index is 13.5. The van der Waals surface area contributed by atoms with E-state index in [-0.39, 0.29) is 18.5 Å². The summed E-state index contributed by atoms with van der Waals surface area (Å²) in [5.74, 6) is -1.30. The van der Waals surface area contributed by atoms with Crippen LogP contribution >= 0.6 is 0 Å². The molecular weight excluding hydrogens is 224 g/mol. The van der Waals surface area contributed by atoms with E-state index in [1.807, 2.05) is 0 Å². The highest BCUT2D eigenvalue weighted by Gasteiger charge is 2.40. The molecule has 0 aliphatic carbocycles. The van der Waals surface area contributed by atoms with Gasteiger partial charge >= 0.3 is 0 Å². The summed E-state index contributed by atoms with van der Waals surface area (Å²) in [6.45, 7) is 5.32. The van der Waals surface area contributed by atoms with Gasteiger partial charge < -0.3 is 10.8 Å². The molecular formula is C13H19F2NO. The minimum Gasteiger partial charge on any atom is -0.388 e. The van der Waals surface area contributed by atoms with E-state index in [0.717, 1.165) is 0 Å². The first-order valence-corrected chi connectivity index (χ1v) is 5.56. The molecule has 1 aromatic rings. The molecule has 0 spiro atoms. The minimum atomic E-state index is -1.34. The third-order valence-corrected chi connectivity index (χ3v) is 3.26. The van der Waals surface area contributed by atoms with Crippen molar-refractivity contribution in [3.63, 3.8) is 0 Å². The van der Waals surface area contributed by atoms with Gasteiger partial charge in [-0.2, -0.15) is 0 Å². The van der Waals surface area contributed by atoms with Crippen LogP contribution < -0.4 is 5.73 Å². The Kier molecular flexibility index (Phi) is 3.89. The van der Waals surface area contributed by atoms with Crippen molar-refractivity contribution in [3.8, 4) is 0 Å². The molecule has 1 aromatic carbocycles. The summed E-state index contributed by atoms with van der Waals surface area (Å²) in [5.41, 5.74) is 3.53. The van der Waals surface area contributed by atoms with E-state index < -0.39 is 22.7 Å². The zero-order chi connectivity index (χ0) is 13.3. The molecule has 17 heavy (non-hydrogen) atoms. The topological polar surface area (TPSA) is 46.2 Å². The van der Waals surface area contributed by atoms with Crippen molar-refractivity contribution < 1.29 is 13.9 Å². The molecule has 0 bridgehead atoms. The average Bonchev–Trinajstić information content (AvgIpc) is 2.22. The Labute approximate surface area is 100 Å². The van der Waals surface area contributed by atoms with E-state index in [9.17, 15) is 13.9 Å². The quantitative estimate of drug-likeness (QED) is 0.855. The van der Waals surface area contributed by atoms with Gasteiger partial charge in [0.25, 0.3) is 0 Å². The summed E-state index contributed by atoms with van der Waals surface area (Å²) in [5, 5.41) is 10.4. The number of rotatable bonds is 3. The fourth-order valence-corrected chi connectivity index (χ4v) is 1.64. The van der Waals surface area contributed by atoms with Gasteiger partial charge in [-0.1, -0.05) is 26.8 Å². The molecule has 0 saturated heterocycles. The summed E-state index contributed by atoms with van der Waals surface area (Å²) in [4.78, 5) is 0. The highest BCUT2D eigenvalue weighted by Crippen LogP contribution is 2.33. The van der Waals surface area contributed by atoms with Gasteiger partial charge in [-0.05, 0) is 17.5 Å². The van der Waals surface area contributed by atoms with Gasteiger partial charge in [0.2, 0.25) is 0 Å². The van der Waals surface area contributed by atoms with Gasteiger partial charge in [-0.3, -0.25) is 0 Å². The summed E-state index contributed by atoms with van der Waals surface area (Å²) >= 11 is 0. The maximum atomic E-state index is 13.5. The van der Waals surface area contributed by atoms with E-state index in [1.54, 1.807) is 20.8 Å². The van der Waals surface area contributed by atoms with Gasteiger partial charge in [0.05, 0.1) is 5.60 Å². The average molecular weight is 243 g/mol. The number of hydrogen-bond acceptors (Lipinski definition) is 2. The second kappa shape index (κ2) is 4.70. The molecule has 1 rings (SSSR count). The SMILES string of the molecule is CC(C)(C)C(O)(CN)Cc1c(F)cccc1F. The van der Waals surface area contributed by atoms with Crippen LogP contribution in [0.1, 0.15) is 26.3 Å². The lowest BCUT2D eigenvalue weighted by Gasteiger charge is -2.39. The molecule has 2 nitrogen and oxygen atoms in total. The van der Waals surface area contributed by atoms with Crippen molar-refractivity contribution in [1.29, 1.82) is 0 Å². The third-order valence-electron chi connectivity index (χ3n) is 3.26. The molecule has 0 aliphatic rings. The number of hydrogen-bond donors (Lipinski definition) is 2. The molecule has 0 aromatic heterocycles. The lowest BCUT2D eigenvalue weighted by Crippen LogP contribution is -2.51. The fraction of sp³-hybridized carbons (Fsp3) is 0.538. The summed E-state index contributed by atoms with van der Waals surface area (Å²) in [6, 6.07) is 3.66. The Balaban J connectivity index is 3.12. The molecule has 0 amide bonds. The van der Waals surface area contributed by atoms with Gasteiger partial charge in [0.15, 0.2) is 0 Å². The number of benzene rings is 1. The monoisotopic (exact) mass is 243 g/mol. The van der Waals surface area contributed by atoms with Crippen LogP contribution in [0.25, 0.3) is 0 Å². The maximum Gasteiger partial charge on any atom is 0.129 e. The summed E-state index contributed by atoms with van der Waals surface area (Å²) in [6.07, 6.45) is -0.133. The molecule has 0 heterocycles. The van der Waals surface area contributed by atoms with Crippen molar-refractivity contribution in [2.75, 3.05) is 6.54 Å². The molecule has 3 N–H and O–H groups in total. The Morgan fingerprint density at radius 1 is 1.18 bits per heavy atom. The van der Waals surface area contributed by atoms with Crippen LogP contribution in [0.15, 0.2) is 18.2 Å². The van der Waals surface area contributed by atoms with Gasteiger partial charge in [-0.15, -0.1) is 0 Å². The van der Waals surface area contributed by atoms with Crippen LogP contribution in [-0.2, 0) is 6.42 Å². The first kappa shape index (κ1) is 14.1. The van der Waals surface area contributed by atoms with Crippen molar-refractivity contribution in [2.45, 2.75) is 32.8 Å². The Hall–Kier alpha value is -1.00. The standard InChI is InChI=1S/C13H19F2NO/c1-12(2,3)13(17,8-16)7-9-10(14)5-4-6-11(9)15/h4-6,17H,7-8,16H2,1-3H3. The molecule has 0 fully saturated rings. The molecule has 1 atom stereocenters. The predicted octanol–water partition coefficient (Wildman–Crippen LogP) is 2.24. The van der Waals surface area contributed by atoms with Crippen LogP contribution in [0.5, 0.6) is 0 Å². The van der Waals surface area contributed by atoms with Crippen molar-refractivity contribution in [2.24, 2.45) is 11.1 Å². The van der Waals surface area contributed by atoms with Crippen LogP contribution in [0, 0.1) is 17.0 Å².